The van der Waals surface area contributed by atoms with Crippen LogP contribution in [0.3, 0.4) is 0 Å². The van der Waals surface area contributed by atoms with E-state index in [0.29, 0.717) is 30.6 Å². The Hall–Kier alpha value is -15.8. The van der Waals surface area contributed by atoms with Gasteiger partial charge in [-0.1, -0.05) is 342 Å². The van der Waals surface area contributed by atoms with Crippen LogP contribution < -0.4 is 79.4 Å². The van der Waals surface area contributed by atoms with E-state index < -0.39 is 11.9 Å². The van der Waals surface area contributed by atoms with Gasteiger partial charge in [0.2, 0.25) is 0 Å². The SMILES string of the molecule is C=CC/C=C/C=c1/cc2ccccc2c/c1=C/C=C/CC=C.CC.O=C([O-])c1ccc(-c2c3cc4ccccc4cc3c(-c3cc[c-]cc3)c3cc4ccccc4cc23)cc1.O=C=O.O=COc1ccc(-c2c3cc4ccccc4cc3c(C3=CC=C(C(=O)O)CC3)c3cc4ccccc4cc23)cc1.[Na+].[Na+].c1ccc(-c2c3cc4ccccc4cc3c(-c3ccccc3)c3cc4ccccc4cc23)cc1. The molecular weight excluding hydrogens is 1740 g/mol. The molecule has 664 valence electrons. The average Bonchev–Trinajstić information content (AvgIpc) is 0.727. The first-order chi connectivity index (χ1) is 67.9. The molecule has 22 aromatic rings. The number of hydrogen-bond acceptors (Lipinski definition) is 7. The summed E-state index contributed by atoms with van der Waals surface area (Å²) in [4.78, 5) is 50.3. The summed E-state index contributed by atoms with van der Waals surface area (Å²) in [6.45, 7) is 11.9. The normalized spacial score (nSPS) is 11.9. The molecule has 140 heavy (non-hydrogen) atoms. The second-order valence-corrected chi connectivity index (χ2v) is 33.7. The zero-order chi connectivity index (χ0) is 95.0. The van der Waals surface area contributed by atoms with Crippen LogP contribution in [0.1, 0.15) is 55.5 Å². The predicted molar refractivity (Wildman–Crippen MR) is 576 cm³/mol. The van der Waals surface area contributed by atoms with Gasteiger partial charge in [-0.3, -0.25) is 4.79 Å². The van der Waals surface area contributed by atoms with Gasteiger partial charge in [-0.25, -0.2) is 4.79 Å². The van der Waals surface area contributed by atoms with E-state index in [-0.39, 0.29) is 70.8 Å². The summed E-state index contributed by atoms with van der Waals surface area (Å²) < 4.78 is 5.08. The third kappa shape index (κ3) is 20.7. The van der Waals surface area contributed by atoms with E-state index in [1.807, 2.05) is 80.6 Å². The molecule has 0 bridgehead atoms. The molecule has 0 saturated heterocycles. The summed E-state index contributed by atoms with van der Waals surface area (Å²) in [5.74, 6) is -1.54. The number of carbonyl (C=O) groups excluding carboxylic acids is 4. The van der Waals surface area contributed by atoms with E-state index in [1.165, 1.54) is 103 Å². The van der Waals surface area contributed by atoms with Gasteiger partial charge in [0.1, 0.15) is 5.75 Å². The number of carboxylic acids is 2. The van der Waals surface area contributed by atoms with Crippen LogP contribution in [0.15, 0.2) is 456 Å². The number of fused-ring (bicyclic) bond motifs is 13. The van der Waals surface area contributed by atoms with Gasteiger partial charge in [0, 0.05) is 5.57 Å². The first kappa shape index (κ1) is 97.3. The number of carbonyl (C=O) groups is 3. The van der Waals surface area contributed by atoms with Crippen LogP contribution in [0.5, 0.6) is 5.75 Å². The van der Waals surface area contributed by atoms with Crippen molar-refractivity contribution in [1.82, 2.24) is 0 Å². The number of aromatic carboxylic acids is 1. The van der Waals surface area contributed by atoms with Gasteiger partial charge in [-0.05, 0) is 340 Å². The van der Waals surface area contributed by atoms with Crippen LogP contribution in [0.4, 0.5) is 0 Å². The Labute approximate surface area is 856 Å². The molecule has 22 aromatic carbocycles. The number of benzene rings is 22. The second-order valence-electron chi connectivity index (χ2n) is 33.7. The molecule has 10 heteroatoms. The maximum Gasteiger partial charge on any atom is 1.00 e. The van der Waals surface area contributed by atoms with Gasteiger partial charge in [0.15, 0.2) is 0 Å². The van der Waals surface area contributed by atoms with Crippen molar-refractivity contribution in [1.29, 1.82) is 0 Å². The Morgan fingerprint density at radius 1 is 0.343 bits per heavy atom. The van der Waals surface area contributed by atoms with Gasteiger partial charge in [-0.15, -0.1) is 18.7 Å². The van der Waals surface area contributed by atoms with Gasteiger partial charge in [-0.2, -0.15) is 39.9 Å². The molecule has 0 heterocycles. The Bertz CT molecular complexity index is 8320. The summed E-state index contributed by atoms with van der Waals surface area (Å²) in [5, 5.41) is 54.6. The number of carboxylic acid groups (broad SMARTS) is 2. The van der Waals surface area contributed by atoms with Crippen molar-refractivity contribution >= 4 is 182 Å². The van der Waals surface area contributed by atoms with Crippen LogP contribution in [0.25, 0.3) is 213 Å². The summed E-state index contributed by atoms with van der Waals surface area (Å²) >= 11 is 0. The van der Waals surface area contributed by atoms with E-state index in [9.17, 15) is 24.6 Å². The Balaban J connectivity index is 0.000000134. The first-order valence-corrected chi connectivity index (χ1v) is 46.3. The molecule has 1 aliphatic carbocycles. The summed E-state index contributed by atoms with van der Waals surface area (Å²) in [5.41, 5.74) is 14.5. The number of rotatable bonds is 16. The fourth-order valence-corrected chi connectivity index (χ4v) is 19.3. The molecule has 1 N–H and O–H groups in total. The molecule has 0 unspecified atom stereocenters. The molecule has 8 nitrogen and oxygen atoms in total. The molecule has 0 spiro atoms. The zero-order valence-corrected chi connectivity index (χ0v) is 82.3. The minimum Gasteiger partial charge on any atom is -0.545 e. The molecule has 1 aliphatic rings. The Morgan fingerprint density at radius 2 is 0.593 bits per heavy atom. The average molecular weight is 1830 g/mol. The minimum absolute atomic E-state index is 0. The fourth-order valence-electron chi connectivity index (χ4n) is 19.3. The van der Waals surface area contributed by atoms with Crippen molar-refractivity contribution in [2.75, 3.05) is 0 Å². The topological polar surface area (TPSA) is 138 Å². The van der Waals surface area contributed by atoms with E-state index in [1.54, 1.807) is 18.2 Å². The predicted octanol–water partition coefficient (Wildman–Crippen LogP) is 25.2. The third-order valence-electron chi connectivity index (χ3n) is 25.5. The standard InChI is InChI=1S/C36H24O4.C35H21O2.C34H22.C22H22.C2H6.CO2.2Na/c37-21-40-29-15-13-23(14-16-29)35-32-19-27-7-3-1-5-25(27)17-30(32)34(22-9-11-24(12-10-22)36(38)39)31-18-26-6-2-4-8-28(26)20-33(31)35;36-35(37)24-16-14-23(15-17-24)34-31-20-27-12-6-4-10-25(27)18-29(31)33(22-8-2-1-3-9-22)30-19-26-11-5-7-13-28(26)21-32(30)34;1-3-11-23(12-4-1)33-29-19-25-15-7-9-17-27(25)21-31(29)34(24-13-5-2-6-14-24)32-22-28-18-10-8-16-26(28)20-30(32)33;1-3-5-7-9-13-19-17-21-15-11-12-16-22(21)18-20(19)14-10-8-6-4-2;1-2;2-1-3;;/h1-9,11,13-21H,10,12H2,(H,38,39);2-21H,(H,36,37);1-22H;3-4,7-18H,1-2,5-6H2;1-2H3;;;/q;-1;;;;;2*+1/p-1/b;;;9-7+,10-8+,19-13-,20-14-;;;;. The van der Waals surface area contributed by atoms with Gasteiger partial charge < -0.3 is 19.7 Å². The van der Waals surface area contributed by atoms with E-state index in [2.05, 4.69) is 383 Å². The molecule has 0 saturated carbocycles. The Kier molecular flexibility index (Phi) is 31.6. The number of allylic oxidation sites excluding steroid dienone is 9. The first-order valence-electron chi connectivity index (χ1n) is 46.3. The van der Waals surface area contributed by atoms with E-state index in [4.69, 9.17) is 14.3 Å². The van der Waals surface area contributed by atoms with Crippen molar-refractivity contribution in [2.24, 2.45) is 0 Å². The van der Waals surface area contributed by atoms with Gasteiger partial charge >= 0.3 is 71.2 Å². The zero-order valence-electron chi connectivity index (χ0n) is 78.3. The summed E-state index contributed by atoms with van der Waals surface area (Å²) in [7, 11) is 0. The molecule has 0 aromatic heterocycles. The van der Waals surface area contributed by atoms with E-state index >= 15 is 0 Å². The quantitative estimate of drug-likeness (QED) is 0.0332. The molecule has 0 amide bonds. The number of hydrogen-bond donors (Lipinski definition) is 1. The number of ether oxygens (including phenoxy) is 1. The molecule has 0 aliphatic heterocycles. The van der Waals surface area contributed by atoms with Crippen LogP contribution in [0, 0.1) is 6.07 Å². The molecule has 23 rings (SSSR count). The largest absolute Gasteiger partial charge is 1.00 e. The number of aliphatic carboxylic acids is 1. The van der Waals surface area contributed by atoms with Gasteiger partial charge in [0.25, 0.3) is 6.47 Å². The Morgan fingerprint density at radius 3 is 0.843 bits per heavy atom. The summed E-state index contributed by atoms with van der Waals surface area (Å²) in [6, 6.07) is 139. The van der Waals surface area contributed by atoms with Crippen molar-refractivity contribution in [3.63, 3.8) is 0 Å². The molecule has 0 radical (unpaired) electrons. The van der Waals surface area contributed by atoms with Crippen LogP contribution in [0.2, 0.25) is 0 Å². The van der Waals surface area contributed by atoms with Crippen LogP contribution in [-0.2, 0) is 19.2 Å². The van der Waals surface area contributed by atoms with Crippen molar-refractivity contribution in [2.45, 2.75) is 39.5 Å². The monoisotopic (exact) mass is 1830 g/mol. The molecular formula is C130H94Na2O8. The van der Waals surface area contributed by atoms with Crippen LogP contribution >= 0.6 is 0 Å². The summed E-state index contributed by atoms with van der Waals surface area (Å²) in [6.07, 6.45) is 23.4. The fraction of sp³-hybridized carbons (Fsp3) is 0.0462. The molecule has 0 atom stereocenters. The van der Waals surface area contributed by atoms with Crippen molar-refractivity contribution in [3.8, 4) is 61.4 Å². The maximum absolute atomic E-state index is 11.7. The molecule has 0 fully saturated rings. The smallest absolute Gasteiger partial charge is 0.545 e. The van der Waals surface area contributed by atoms with Gasteiger partial charge in [0.05, 0.1) is 5.97 Å². The second kappa shape index (κ2) is 45.4. The van der Waals surface area contributed by atoms with Crippen molar-refractivity contribution in [3.05, 3.63) is 483 Å². The third-order valence-corrected chi connectivity index (χ3v) is 25.5. The van der Waals surface area contributed by atoms with Crippen LogP contribution in [-0.4, -0.2) is 29.7 Å². The minimum atomic E-state index is -1.17. The van der Waals surface area contributed by atoms with E-state index in [0.717, 1.165) is 127 Å². The van der Waals surface area contributed by atoms with Crippen molar-refractivity contribution < 1.29 is 98.0 Å². The maximum atomic E-state index is 11.7.